The Kier molecular flexibility index (Phi) is 5.22. The summed E-state index contributed by atoms with van der Waals surface area (Å²) in [6.07, 6.45) is 5.95. The quantitative estimate of drug-likeness (QED) is 0.629. The lowest BCUT2D eigenvalue weighted by Crippen LogP contribution is -2.45. The minimum absolute atomic E-state index is 0.0818. The summed E-state index contributed by atoms with van der Waals surface area (Å²) in [6, 6.07) is -0.401. The molecular formula is C12H24N2O2. The molecule has 16 heavy (non-hydrogen) atoms. The van der Waals surface area contributed by atoms with Crippen LogP contribution in [0.4, 0.5) is 0 Å². The van der Waals surface area contributed by atoms with Crippen LogP contribution in [0.15, 0.2) is 0 Å². The van der Waals surface area contributed by atoms with Crippen molar-refractivity contribution in [3.8, 4) is 0 Å². The number of nitrogens with two attached hydrogens (primary N) is 1. The van der Waals surface area contributed by atoms with Gasteiger partial charge >= 0.3 is 0 Å². The summed E-state index contributed by atoms with van der Waals surface area (Å²) < 4.78 is 0. The number of aliphatic hydroxyl groups excluding tert-OH is 1. The van der Waals surface area contributed by atoms with E-state index in [1.54, 1.807) is 0 Å². The second-order valence-electron chi connectivity index (χ2n) is 4.98. The van der Waals surface area contributed by atoms with Crippen LogP contribution in [0.5, 0.6) is 0 Å². The fourth-order valence-electron chi connectivity index (χ4n) is 2.36. The Balaban J connectivity index is 2.35. The summed E-state index contributed by atoms with van der Waals surface area (Å²) >= 11 is 0. The maximum absolute atomic E-state index is 11.6. The van der Waals surface area contributed by atoms with E-state index in [1.807, 2.05) is 6.92 Å². The molecule has 0 spiro atoms. The number of hydrogen-bond acceptors (Lipinski definition) is 3. The molecule has 1 amide bonds. The lowest BCUT2D eigenvalue weighted by molar-refractivity contribution is -0.123. The molecule has 0 aromatic rings. The highest BCUT2D eigenvalue weighted by molar-refractivity contribution is 5.81. The Labute approximate surface area is 97.6 Å². The van der Waals surface area contributed by atoms with Crippen LogP contribution in [0.3, 0.4) is 0 Å². The van der Waals surface area contributed by atoms with Crippen LogP contribution in [0.1, 0.15) is 45.4 Å². The maximum atomic E-state index is 11.6. The molecule has 0 aromatic heterocycles. The molecule has 0 saturated heterocycles. The SMILES string of the molecule is CCC[C@H](N)C(=O)NCC1(CO)CCCC1. The van der Waals surface area contributed by atoms with Crippen LogP contribution >= 0.6 is 0 Å². The van der Waals surface area contributed by atoms with Gasteiger partial charge in [-0.2, -0.15) is 0 Å². The topological polar surface area (TPSA) is 75.4 Å². The zero-order valence-corrected chi connectivity index (χ0v) is 10.2. The number of carbonyl (C=O) groups is 1. The van der Waals surface area contributed by atoms with Crippen LogP contribution in [0.25, 0.3) is 0 Å². The van der Waals surface area contributed by atoms with Gasteiger partial charge in [-0.15, -0.1) is 0 Å². The number of aliphatic hydroxyl groups is 1. The maximum Gasteiger partial charge on any atom is 0.236 e. The van der Waals surface area contributed by atoms with Gasteiger partial charge in [0.1, 0.15) is 0 Å². The molecule has 4 N–H and O–H groups in total. The second kappa shape index (κ2) is 6.21. The lowest BCUT2D eigenvalue weighted by atomic mass is 9.87. The van der Waals surface area contributed by atoms with Crippen molar-refractivity contribution in [2.24, 2.45) is 11.1 Å². The van der Waals surface area contributed by atoms with Crippen molar-refractivity contribution in [1.29, 1.82) is 0 Å². The molecule has 0 unspecified atom stereocenters. The van der Waals surface area contributed by atoms with Crippen molar-refractivity contribution >= 4 is 5.91 Å². The average molecular weight is 228 g/mol. The Morgan fingerprint density at radius 3 is 2.62 bits per heavy atom. The van der Waals surface area contributed by atoms with Crippen LogP contribution < -0.4 is 11.1 Å². The van der Waals surface area contributed by atoms with E-state index < -0.39 is 6.04 Å². The normalized spacial score (nSPS) is 20.7. The average Bonchev–Trinajstić information content (AvgIpc) is 2.75. The first-order valence-corrected chi connectivity index (χ1v) is 6.28. The molecule has 0 radical (unpaired) electrons. The molecule has 0 bridgehead atoms. The van der Waals surface area contributed by atoms with Crippen LogP contribution in [-0.4, -0.2) is 30.2 Å². The summed E-state index contributed by atoms with van der Waals surface area (Å²) in [5.41, 5.74) is 5.64. The van der Waals surface area contributed by atoms with Gasteiger partial charge in [0, 0.05) is 12.0 Å². The fourth-order valence-corrected chi connectivity index (χ4v) is 2.36. The molecule has 4 nitrogen and oxygen atoms in total. The third-order valence-electron chi connectivity index (χ3n) is 3.57. The van der Waals surface area contributed by atoms with Gasteiger partial charge in [-0.25, -0.2) is 0 Å². The summed E-state index contributed by atoms with van der Waals surface area (Å²) in [4.78, 5) is 11.6. The molecule has 1 atom stereocenters. The smallest absolute Gasteiger partial charge is 0.236 e. The number of nitrogens with one attached hydrogen (secondary N) is 1. The van der Waals surface area contributed by atoms with Crippen molar-refractivity contribution < 1.29 is 9.90 Å². The molecule has 1 aliphatic rings. The van der Waals surface area contributed by atoms with E-state index in [2.05, 4.69) is 5.32 Å². The van der Waals surface area contributed by atoms with Crippen LogP contribution in [0.2, 0.25) is 0 Å². The van der Waals surface area contributed by atoms with Crippen molar-refractivity contribution in [2.75, 3.05) is 13.2 Å². The lowest BCUT2D eigenvalue weighted by Gasteiger charge is -2.27. The standard InChI is InChI=1S/C12H24N2O2/c1-2-5-10(13)11(16)14-8-12(9-15)6-3-4-7-12/h10,15H,2-9,13H2,1H3,(H,14,16)/t10-/m0/s1. The largest absolute Gasteiger partial charge is 0.396 e. The van der Waals surface area contributed by atoms with Crippen LogP contribution in [-0.2, 0) is 4.79 Å². The van der Waals surface area contributed by atoms with E-state index in [0.29, 0.717) is 6.54 Å². The monoisotopic (exact) mass is 228 g/mol. The van der Waals surface area contributed by atoms with Crippen molar-refractivity contribution in [1.82, 2.24) is 5.32 Å². The summed E-state index contributed by atoms with van der Waals surface area (Å²) in [5.74, 6) is -0.0819. The predicted octanol–water partition coefficient (Wildman–Crippen LogP) is 0.783. The molecule has 0 aromatic carbocycles. The van der Waals surface area contributed by atoms with Gasteiger partial charge in [0.25, 0.3) is 0 Å². The second-order valence-corrected chi connectivity index (χ2v) is 4.98. The minimum Gasteiger partial charge on any atom is -0.396 e. The van der Waals surface area contributed by atoms with Crippen LogP contribution in [0, 0.1) is 5.41 Å². The Bertz CT molecular complexity index is 225. The van der Waals surface area contributed by atoms with Gasteiger partial charge in [0.05, 0.1) is 12.6 Å². The van der Waals surface area contributed by atoms with Crippen molar-refractivity contribution in [2.45, 2.75) is 51.5 Å². The van der Waals surface area contributed by atoms with E-state index in [1.165, 1.54) is 0 Å². The molecule has 1 saturated carbocycles. The van der Waals surface area contributed by atoms with Gasteiger partial charge in [-0.1, -0.05) is 26.2 Å². The predicted molar refractivity (Wildman–Crippen MR) is 63.9 cm³/mol. The summed E-state index contributed by atoms with van der Waals surface area (Å²) in [7, 11) is 0. The Hall–Kier alpha value is -0.610. The molecule has 94 valence electrons. The van der Waals surface area contributed by atoms with E-state index in [9.17, 15) is 9.90 Å². The zero-order chi connectivity index (χ0) is 12.0. The first kappa shape index (κ1) is 13.5. The number of hydrogen-bond donors (Lipinski definition) is 3. The summed E-state index contributed by atoms with van der Waals surface area (Å²) in [6.45, 7) is 2.75. The van der Waals surface area contributed by atoms with Crippen molar-refractivity contribution in [3.05, 3.63) is 0 Å². The van der Waals surface area contributed by atoms with Gasteiger partial charge in [0.2, 0.25) is 5.91 Å². The minimum atomic E-state index is -0.401. The van der Waals surface area contributed by atoms with E-state index in [-0.39, 0.29) is 17.9 Å². The first-order valence-electron chi connectivity index (χ1n) is 6.28. The van der Waals surface area contributed by atoms with Crippen molar-refractivity contribution in [3.63, 3.8) is 0 Å². The Morgan fingerprint density at radius 1 is 1.50 bits per heavy atom. The highest BCUT2D eigenvalue weighted by Crippen LogP contribution is 2.36. The highest BCUT2D eigenvalue weighted by Gasteiger charge is 2.33. The Morgan fingerprint density at radius 2 is 2.12 bits per heavy atom. The summed E-state index contributed by atoms with van der Waals surface area (Å²) in [5, 5.41) is 12.3. The first-order chi connectivity index (χ1) is 7.63. The number of carbonyl (C=O) groups excluding carboxylic acids is 1. The van der Waals surface area contributed by atoms with E-state index in [0.717, 1.165) is 38.5 Å². The van der Waals surface area contributed by atoms with Gasteiger partial charge < -0.3 is 16.2 Å². The zero-order valence-electron chi connectivity index (χ0n) is 10.2. The molecule has 1 aliphatic carbocycles. The van der Waals surface area contributed by atoms with Gasteiger partial charge in [-0.05, 0) is 19.3 Å². The number of rotatable bonds is 6. The molecule has 0 aliphatic heterocycles. The number of amides is 1. The molecular weight excluding hydrogens is 204 g/mol. The van der Waals surface area contributed by atoms with Gasteiger partial charge in [0.15, 0.2) is 0 Å². The molecule has 4 heteroatoms. The van der Waals surface area contributed by atoms with E-state index in [4.69, 9.17) is 5.73 Å². The third kappa shape index (κ3) is 3.46. The molecule has 0 heterocycles. The van der Waals surface area contributed by atoms with Gasteiger partial charge in [-0.3, -0.25) is 4.79 Å². The van der Waals surface area contributed by atoms with E-state index >= 15 is 0 Å². The molecule has 1 fully saturated rings. The fraction of sp³-hybridized carbons (Fsp3) is 0.917. The highest BCUT2D eigenvalue weighted by atomic mass is 16.3. The third-order valence-corrected chi connectivity index (χ3v) is 3.57. The molecule has 1 rings (SSSR count).